The number of carbonyl (C=O) groups is 3. The van der Waals surface area contributed by atoms with Crippen LogP contribution < -0.4 is 15.8 Å². The Balaban J connectivity index is 1.61. The molecule has 0 saturated carbocycles. The highest BCUT2D eigenvalue weighted by atomic mass is 16.7. The molecule has 1 aliphatic rings. The molecule has 194 valence electrons. The van der Waals surface area contributed by atoms with Gasteiger partial charge in [0, 0.05) is 19.3 Å². The number of hydrogen-bond acceptors (Lipinski definition) is 9. The molecule has 1 aliphatic heterocycles. The summed E-state index contributed by atoms with van der Waals surface area (Å²) in [6.07, 6.45) is -3.42. The molecule has 1 fully saturated rings. The summed E-state index contributed by atoms with van der Waals surface area (Å²) in [5.41, 5.74) is 6.97. The quantitative estimate of drug-likeness (QED) is 0.231. The van der Waals surface area contributed by atoms with E-state index in [-0.39, 0.29) is 42.9 Å². The van der Waals surface area contributed by atoms with Crippen molar-refractivity contribution in [2.75, 3.05) is 0 Å². The molecule has 3 rings (SSSR count). The van der Waals surface area contributed by atoms with Crippen LogP contribution in [0.3, 0.4) is 0 Å². The number of ether oxygens (including phenoxy) is 2. The summed E-state index contributed by atoms with van der Waals surface area (Å²) in [6, 6.07) is 7.82. The molecular weight excluding hydrogens is 476 g/mol. The molecule has 0 radical (unpaired) electrons. The van der Waals surface area contributed by atoms with Crippen molar-refractivity contribution in [1.29, 1.82) is 0 Å². The number of benzene rings is 2. The second kappa shape index (κ2) is 11.7. The second-order valence-electron chi connectivity index (χ2n) is 8.52. The van der Waals surface area contributed by atoms with Gasteiger partial charge in [0.05, 0.1) is 12.1 Å². The summed E-state index contributed by atoms with van der Waals surface area (Å²) < 4.78 is 10.8. The minimum Gasteiger partial charge on any atom is -0.508 e. The van der Waals surface area contributed by atoms with Gasteiger partial charge in [0.1, 0.15) is 11.8 Å². The largest absolute Gasteiger partial charge is 0.508 e. The van der Waals surface area contributed by atoms with Gasteiger partial charge < -0.3 is 46.1 Å². The van der Waals surface area contributed by atoms with Crippen LogP contribution in [-0.4, -0.2) is 74.0 Å². The molecule has 1 heterocycles. The van der Waals surface area contributed by atoms with Gasteiger partial charge in [-0.2, -0.15) is 0 Å². The van der Waals surface area contributed by atoms with E-state index in [0.29, 0.717) is 11.1 Å². The Kier molecular flexibility index (Phi) is 8.69. The fraction of sp³-hybridized carbons (Fsp3) is 0.375. The maximum absolute atomic E-state index is 12.5. The van der Waals surface area contributed by atoms with Gasteiger partial charge in [-0.25, -0.2) is 9.59 Å². The molecule has 2 aromatic carbocycles. The number of aromatic hydroxyl groups is 2. The van der Waals surface area contributed by atoms with E-state index >= 15 is 0 Å². The van der Waals surface area contributed by atoms with Crippen molar-refractivity contribution in [3.8, 4) is 17.2 Å². The van der Waals surface area contributed by atoms with Crippen LogP contribution in [0.1, 0.15) is 24.0 Å². The van der Waals surface area contributed by atoms with Crippen molar-refractivity contribution in [2.24, 2.45) is 5.73 Å². The molecule has 8 N–H and O–H groups in total. The Morgan fingerprint density at radius 2 is 1.69 bits per heavy atom. The topological polar surface area (TPSA) is 209 Å². The lowest BCUT2D eigenvalue weighted by molar-refractivity contribution is -0.195. The number of nitrogens with one attached hydrogen (secondary N) is 1. The standard InChI is InChI=1S/C24H28N2O10/c25-16(7-12-1-4-14(27)5-2-12)22(30)26-17(23(31)32)8-13-3-6-19(18(29)9-13)35-21-11-15(28)10-20(36-21)24(33)34/h1-6,9,15-17,20-21,27-29H,7-8,10-11,25H2,(H,26,30)(H,31,32)(H,33,34)/t15-,16-,17-,20-,21?/m0/s1. The van der Waals surface area contributed by atoms with Crippen molar-refractivity contribution in [3.05, 3.63) is 53.6 Å². The minimum atomic E-state index is -1.33. The van der Waals surface area contributed by atoms with Crippen LogP contribution >= 0.6 is 0 Å². The highest BCUT2D eigenvalue weighted by molar-refractivity contribution is 5.87. The van der Waals surface area contributed by atoms with E-state index < -0.39 is 48.4 Å². The first-order chi connectivity index (χ1) is 17.0. The zero-order valence-electron chi connectivity index (χ0n) is 19.1. The molecule has 1 amide bonds. The summed E-state index contributed by atoms with van der Waals surface area (Å²) in [5.74, 6) is -3.57. The van der Waals surface area contributed by atoms with Gasteiger partial charge in [-0.15, -0.1) is 0 Å². The Morgan fingerprint density at radius 1 is 1.03 bits per heavy atom. The monoisotopic (exact) mass is 504 g/mol. The molecule has 0 bridgehead atoms. The molecule has 1 saturated heterocycles. The molecule has 0 aliphatic carbocycles. The van der Waals surface area contributed by atoms with Gasteiger partial charge in [-0.05, 0) is 41.8 Å². The third kappa shape index (κ3) is 7.31. The zero-order valence-corrected chi connectivity index (χ0v) is 19.1. The third-order valence-electron chi connectivity index (χ3n) is 5.61. The predicted molar refractivity (Wildman–Crippen MR) is 123 cm³/mol. The van der Waals surface area contributed by atoms with Gasteiger partial charge in [0.2, 0.25) is 12.2 Å². The summed E-state index contributed by atoms with van der Waals surface area (Å²) >= 11 is 0. The number of carboxylic acid groups (broad SMARTS) is 2. The zero-order chi connectivity index (χ0) is 26.4. The Bertz CT molecular complexity index is 1090. The Labute approximate surface area is 205 Å². The van der Waals surface area contributed by atoms with E-state index in [1.807, 2.05) is 0 Å². The molecule has 36 heavy (non-hydrogen) atoms. The number of hydrogen-bond donors (Lipinski definition) is 7. The molecule has 12 nitrogen and oxygen atoms in total. The molecule has 2 aromatic rings. The van der Waals surface area contributed by atoms with E-state index in [4.69, 9.17) is 20.3 Å². The molecule has 12 heteroatoms. The van der Waals surface area contributed by atoms with Crippen LogP contribution in [0.5, 0.6) is 17.2 Å². The van der Waals surface area contributed by atoms with Gasteiger partial charge in [-0.1, -0.05) is 18.2 Å². The lowest BCUT2D eigenvalue weighted by Crippen LogP contribution is -2.50. The number of aliphatic hydroxyl groups excluding tert-OH is 1. The van der Waals surface area contributed by atoms with Gasteiger partial charge in [0.15, 0.2) is 17.6 Å². The van der Waals surface area contributed by atoms with Crippen molar-refractivity contribution in [3.63, 3.8) is 0 Å². The fourth-order valence-corrected chi connectivity index (χ4v) is 3.72. The maximum atomic E-state index is 12.5. The molecule has 1 unspecified atom stereocenters. The normalized spacial score (nSPS) is 21.2. The van der Waals surface area contributed by atoms with Crippen molar-refractivity contribution >= 4 is 17.8 Å². The number of amides is 1. The molecule has 5 atom stereocenters. The van der Waals surface area contributed by atoms with Gasteiger partial charge in [0.25, 0.3) is 0 Å². The van der Waals surface area contributed by atoms with Crippen molar-refractivity contribution in [1.82, 2.24) is 5.32 Å². The smallest absolute Gasteiger partial charge is 0.333 e. The first-order valence-corrected chi connectivity index (χ1v) is 11.1. The SMILES string of the molecule is N[C@@H](Cc1ccc(O)cc1)C(=O)N[C@@H](Cc1ccc(OC2C[C@@H](O)C[C@@H](C(=O)O)O2)c(O)c1)C(=O)O. The summed E-state index contributed by atoms with van der Waals surface area (Å²) in [7, 11) is 0. The molecular formula is C24H28N2O10. The Morgan fingerprint density at radius 3 is 2.31 bits per heavy atom. The van der Waals surface area contributed by atoms with Gasteiger partial charge in [-0.3, -0.25) is 4.79 Å². The third-order valence-corrected chi connectivity index (χ3v) is 5.61. The minimum absolute atomic E-state index is 0.00247. The average Bonchev–Trinajstić information content (AvgIpc) is 2.81. The number of phenols is 2. The van der Waals surface area contributed by atoms with Crippen LogP contribution in [0.25, 0.3) is 0 Å². The first-order valence-electron chi connectivity index (χ1n) is 11.1. The number of carbonyl (C=O) groups excluding carboxylic acids is 1. The van der Waals surface area contributed by atoms with Crippen LogP contribution in [0.4, 0.5) is 0 Å². The summed E-state index contributed by atoms with van der Waals surface area (Å²) in [5, 5.41) is 50.6. The van der Waals surface area contributed by atoms with Crippen LogP contribution in [-0.2, 0) is 32.0 Å². The van der Waals surface area contributed by atoms with Crippen molar-refractivity contribution < 1.29 is 49.4 Å². The Hall–Kier alpha value is -3.87. The van der Waals surface area contributed by atoms with Crippen LogP contribution in [0.2, 0.25) is 0 Å². The number of nitrogens with two attached hydrogens (primary N) is 1. The van der Waals surface area contributed by atoms with Crippen LogP contribution in [0, 0.1) is 0 Å². The predicted octanol–water partition coefficient (Wildman–Crippen LogP) is 0.109. The average molecular weight is 504 g/mol. The lowest BCUT2D eigenvalue weighted by atomic mass is 10.0. The molecule has 0 spiro atoms. The maximum Gasteiger partial charge on any atom is 0.333 e. The van der Waals surface area contributed by atoms with E-state index in [9.17, 15) is 34.8 Å². The number of aliphatic hydroxyl groups is 1. The highest BCUT2D eigenvalue weighted by Gasteiger charge is 2.34. The summed E-state index contributed by atoms with van der Waals surface area (Å²) in [6.45, 7) is 0. The van der Waals surface area contributed by atoms with Crippen LogP contribution in [0.15, 0.2) is 42.5 Å². The molecule has 0 aromatic heterocycles. The first kappa shape index (κ1) is 26.7. The fourth-order valence-electron chi connectivity index (χ4n) is 3.72. The van der Waals surface area contributed by atoms with E-state index in [1.54, 1.807) is 12.1 Å². The number of rotatable bonds is 10. The number of carboxylic acids is 2. The second-order valence-corrected chi connectivity index (χ2v) is 8.52. The van der Waals surface area contributed by atoms with E-state index in [2.05, 4.69) is 5.32 Å². The van der Waals surface area contributed by atoms with E-state index in [0.717, 1.165) is 0 Å². The number of phenolic OH excluding ortho intramolecular Hbond substituents is 2. The van der Waals surface area contributed by atoms with Gasteiger partial charge >= 0.3 is 11.9 Å². The highest BCUT2D eigenvalue weighted by Crippen LogP contribution is 2.31. The lowest BCUT2D eigenvalue weighted by Gasteiger charge is -2.31. The van der Waals surface area contributed by atoms with E-state index in [1.165, 1.54) is 30.3 Å². The summed E-state index contributed by atoms with van der Waals surface area (Å²) in [4.78, 5) is 35.4. The number of aliphatic carboxylic acids is 2. The van der Waals surface area contributed by atoms with Crippen molar-refractivity contribution in [2.45, 2.75) is 56.3 Å².